The second-order valence-corrected chi connectivity index (χ2v) is 3.52. The van der Waals surface area contributed by atoms with Gasteiger partial charge in [-0.3, -0.25) is 8.87 Å². The lowest BCUT2D eigenvalue weighted by molar-refractivity contribution is 0.345. The van der Waals surface area contributed by atoms with Crippen LogP contribution >= 0.6 is 0 Å². The number of nitrogens with zero attached hydrogens (tertiary/aromatic N) is 3. The first-order valence-electron chi connectivity index (χ1n) is 4.77. The van der Waals surface area contributed by atoms with Crippen molar-refractivity contribution in [2.75, 3.05) is 6.67 Å². The molecule has 0 aliphatic carbocycles. The van der Waals surface area contributed by atoms with E-state index in [0.29, 0.717) is 6.54 Å². The van der Waals surface area contributed by atoms with Crippen molar-refractivity contribution < 1.29 is 4.39 Å². The van der Waals surface area contributed by atoms with Gasteiger partial charge in [0.15, 0.2) is 0 Å². The van der Waals surface area contributed by atoms with Crippen molar-refractivity contribution in [2.45, 2.75) is 19.0 Å². The van der Waals surface area contributed by atoms with E-state index in [1.807, 2.05) is 0 Å². The van der Waals surface area contributed by atoms with E-state index in [9.17, 15) is 14.0 Å². The van der Waals surface area contributed by atoms with Gasteiger partial charge >= 0.3 is 11.4 Å². The van der Waals surface area contributed by atoms with Crippen molar-refractivity contribution in [1.82, 2.24) is 13.8 Å². The van der Waals surface area contributed by atoms with Gasteiger partial charge < -0.3 is 0 Å². The molecule has 5 nitrogen and oxygen atoms in total. The average Bonchev–Trinajstić information content (AvgIpc) is 2.46. The number of halogens is 1. The van der Waals surface area contributed by atoms with Crippen LogP contribution in [-0.2, 0) is 6.54 Å². The van der Waals surface area contributed by atoms with Crippen molar-refractivity contribution >= 4 is 7.98 Å². The Labute approximate surface area is 85.8 Å². The average molecular weight is 211 g/mol. The Morgan fingerprint density at radius 2 is 2.20 bits per heavy atom. The summed E-state index contributed by atoms with van der Waals surface area (Å²) in [6, 6.07) is -0.342. The molecule has 2 heterocycles. The van der Waals surface area contributed by atoms with Gasteiger partial charge in [0.2, 0.25) is 7.98 Å². The monoisotopic (exact) mass is 211 g/mol. The minimum atomic E-state index is -0.509. The fourth-order valence-electron chi connectivity index (χ4n) is 1.82. The number of hydrogen-bond donors (Lipinski definition) is 0. The number of rotatable bonds is 2. The third kappa shape index (κ3) is 1.38. The SMILES string of the molecule is Bn1c(=O)n2n(c1=O)C(CCF)C=CC2. The lowest BCUT2D eigenvalue weighted by Crippen LogP contribution is -2.32. The zero-order chi connectivity index (χ0) is 11.0. The topological polar surface area (TPSA) is 48.9 Å². The fourth-order valence-corrected chi connectivity index (χ4v) is 1.82. The largest absolute Gasteiger partial charge is 0.334 e. The maximum atomic E-state index is 12.3. The molecule has 1 aliphatic heterocycles. The van der Waals surface area contributed by atoms with Gasteiger partial charge in [-0.15, -0.1) is 0 Å². The van der Waals surface area contributed by atoms with Crippen molar-refractivity contribution in [1.29, 1.82) is 0 Å². The van der Waals surface area contributed by atoms with Crippen LogP contribution in [0.2, 0.25) is 0 Å². The predicted molar refractivity (Wildman–Crippen MR) is 55.7 cm³/mol. The second kappa shape index (κ2) is 3.56. The molecule has 1 atom stereocenters. The summed E-state index contributed by atoms with van der Waals surface area (Å²) in [5.41, 5.74) is -0.740. The third-order valence-corrected chi connectivity index (χ3v) is 2.61. The van der Waals surface area contributed by atoms with E-state index in [-0.39, 0.29) is 23.8 Å². The Bertz CT molecular complexity index is 513. The van der Waals surface area contributed by atoms with Crippen LogP contribution in [-0.4, -0.2) is 28.5 Å². The quantitative estimate of drug-likeness (QED) is 0.450. The van der Waals surface area contributed by atoms with Gasteiger partial charge in [-0.05, 0) is 0 Å². The summed E-state index contributed by atoms with van der Waals surface area (Å²) in [5, 5.41) is 0. The van der Waals surface area contributed by atoms with Crippen molar-refractivity contribution in [2.24, 2.45) is 0 Å². The lowest BCUT2D eigenvalue weighted by atomic mass is 10.2. The molecular formula is C8H11BFN3O2. The van der Waals surface area contributed by atoms with E-state index in [0.717, 1.165) is 4.48 Å². The molecule has 0 fully saturated rings. The zero-order valence-electron chi connectivity index (χ0n) is 8.39. The molecular weight excluding hydrogens is 200 g/mol. The molecule has 0 aromatic carbocycles. The number of hydrogen-bond acceptors (Lipinski definition) is 2. The highest BCUT2D eigenvalue weighted by atomic mass is 19.1. The number of fused-ring (bicyclic) bond motifs is 1. The number of aromatic nitrogens is 3. The summed E-state index contributed by atoms with van der Waals surface area (Å²) >= 11 is 0. The molecule has 0 saturated carbocycles. The fraction of sp³-hybridized carbons (Fsp3) is 0.500. The minimum Gasteiger partial charge on any atom is -0.298 e. The Morgan fingerprint density at radius 1 is 1.47 bits per heavy atom. The Kier molecular flexibility index (Phi) is 2.38. The molecule has 1 aliphatic rings. The number of alkyl halides is 1. The van der Waals surface area contributed by atoms with Gasteiger partial charge in [0.05, 0.1) is 19.3 Å². The van der Waals surface area contributed by atoms with Crippen molar-refractivity contribution in [3.8, 4) is 0 Å². The van der Waals surface area contributed by atoms with Crippen LogP contribution in [0, 0.1) is 0 Å². The first-order valence-corrected chi connectivity index (χ1v) is 4.77. The summed E-state index contributed by atoms with van der Waals surface area (Å²) in [7, 11) is 1.43. The maximum Gasteiger partial charge on any atom is 0.334 e. The molecule has 1 aromatic heterocycles. The summed E-state index contributed by atoms with van der Waals surface area (Å²) in [4.78, 5) is 23.2. The molecule has 7 heteroatoms. The van der Waals surface area contributed by atoms with E-state index < -0.39 is 6.67 Å². The molecule has 0 spiro atoms. The molecule has 0 amide bonds. The second-order valence-electron chi connectivity index (χ2n) is 3.52. The molecule has 0 radical (unpaired) electrons. The van der Waals surface area contributed by atoms with Crippen LogP contribution in [0.5, 0.6) is 0 Å². The minimum absolute atomic E-state index is 0.222. The molecule has 1 unspecified atom stereocenters. The molecule has 1 aromatic rings. The summed E-state index contributed by atoms with van der Waals surface area (Å²) < 4.78 is 16.0. The molecule has 0 bridgehead atoms. The van der Waals surface area contributed by atoms with Gasteiger partial charge in [0.25, 0.3) is 0 Å². The molecule has 80 valence electrons. The molecule has 0 saturated heterocycles. The van der Waals surface area contributed by atoms with Crippen LogP contribution in [0.25, 0.3) is 0 Å². The van der Waals surface area contributed by atoms with Crippen molar-refractivity contribution in [3.05, 3.63) is 33.1 Å². The normalized spacial score (nSPS) is 19.1. The zero-order valence-corrected chi connectivity index (χ0v) is 8.39. The van der Waals surface area contributed by atoms with Crippen LogP contribution in [0.1, 0.15) is 12.5 Å². The van der Waals surface area contributed by atoms with Crippen LogP contribution in [0.4, 0.5) is 4.39 Å². The van der Waals surface area contributed by atoms with Gasteiger partial charge in [-0.25, -0.2) is 19.0 Å². The molecule has 0 N–H and O–H groups in total. The number of allylic oxidation sites excluding steroid dienone is 2. The Balaban J connectivity index is 2.60. The Hall–Kier alpha value is -1.53. The maximum absolute atomic E-state index is 12.3. The first kappa shape index (κ1) is 10.0. The van der Waals surface area contributed by atoms with Crippen molar-refractivity contribution in [3.63, 3.8) is 0 Å². The van der Waals surface area contributed by atoms with Gasteiger partial charge in [0.1, 0.15) is 0 Å². The smallest absolute Gasteiger partial charge is 0.298 e. The highest BCUT2D eigenvalue weighted by molar-refractivity contribution is 6.06. The highest BCUT2D eigenvalue weighted by Gasteiger charge is 2.20. The summed E-state index contributed by atoms with van der Waals surface area (Å²) in [6.45, 7) is -0.137. The van der Waals surface area contributed by atoms with Gasteiger partial charge in [0, 0.05) is 6.42 Å². The van der Waals surface area contributed by atoms with Crippen LogP contribution < -0.4 is 11.4 Å². The van der Waals surface area contributed by atoms with Crippen LogP contribution in [0.15, 0.2) is 21.7 Å². The lowest BCUT2D eigenvalue weighted by Gasteiger charge is -2.19. The van der Waals surface area contributed by atoms with Gasteiger partial charge in [-0.1, -0.05) is 12.2 Å². The third-order valence-electron chi connectivity index (χ3n) is 2.61. The molecule has 15 heavy (non-hydrogen) atoms. The summed E-state index contributed by atoms with van der Waals surface area (Å²) in [5.74, 6) is 0. The first-order chi connectivity index (χ1) is 7.16. The predicted octanol–water partition coefficient (Wildman–Crippen LogP) is -1.32. The highest BCUT2D eigenvalue weighted by Crippen LogP contribution is 2.14. The van der Waals surface area contributed by atoms with E-state index in [1.54, 1.807) is 12.2 Å². The molecule has 2 rings (SSSR count). The van der Waals surface area contributed by atoms with E-state index in [4.69, 9.17) is 0 Å². The van der Waals surface area contributed by atoms with Gasteiger partial charge in [-0.2, -0.15) is 0 Å². The van der Waals surface area contributed by atoms with Crippen LogP contribution in [0.3, 0.4) is 0 Å². The van der Waals surface area contributed by atoms with E-state index >= 15 is 0 Å². The Morgan fingerprint density at radius 3 is 2.87 bits per heavy atom. The summed E-state index contributed by atoms with van der Waals surface area (Å²) in [6.07, 6.45) is 3.77. The standard InChI is InChI=1S/C8H11BFN3O2/c9-12-7(14)11-5-1-2-6(3-4-10)13(11)8(12)15/h1-2,6H,3-5,9H2. The van der Waals surface area contributed by atoms with E-state index in [1.165, 1.54) is 17.3 Å². The van der Waals surface area contributed by atoms with E-state index in [2.05, 4.69) is 0 Å².